The summed E-state index contributed by atoms with van der Waals surface area (Å²) in [6.07, 6.45) is -0.00659. The number of aliphatic carboxylic acids is 1. The fourth-order valence-electron chi connectivity index (χ4n) is 1.77. The number of hydrogen-bond acceptors (Lipinski definition) is 3. The van der Waals surface area contributed by atoms with Crippen LogP contribution in [0.5, 0.6) is 0 Å². The third-order valence-electron chi connectivity index (χ3n) is 2.50. The number of imidazole rings is 1. The Morgan fingerprint density at radius 3 is 2.88 bits per heavy atom. The first-order valence-corrected chi connectivity index (χ1v) is 5.15. The van der Waals surface area contributed by atoms with Crippen LogP contribution >= 0.6 is 0 Å². The van der Waals surface area contributed by atoms with Gasteiger partial charge in [-0.05, 0) is 12.1 Å². The van der Waals surface area contributed by atoms with Gasteiger partial charge in [0.2, 0.25) is 0 Å². The Balaban J connectivity index is 2.43. The molecule has 0 saturated heterocycles. The predicted molar refractivity (Wildman–Crippen MR) is 55.9 cm³/mol. The number of carboxylic acids is 1. The number of hydrogen-bond donors (Lipinski definition) is 1. The molecule has 16 heavy (non-hydrogen) atoms. The quantitative estimate of drug-likeness (QED) is 0.709. The maximum atomic E-state index is 10.5. The molecule has 1 aromatic carbocycles. The molecular weight excluding hydrogens is 206 g/mol. The molecule has 0 spiro atoms. The second-order valence-corrected chi connectivity index (χ2v) is 3.54. The number of fused-ring (bicyclic) bond motifs is 1. The van der Waals surface area contributed by atoms with Crippen LogP contribution in [0.4, 0.5) is 0 Å². The highest BCUT2D eigenvalue weighted by Crippen LogP contribution is 2.15. The third kappa shape index (κ3) is 1.90. The van der Waals surface area contributed by atoms with E-state index in [0.717, 1.165) is 16.9 Å². The number of carboxylic acid groups (broad SMARTS) is 1. The van der Waals surface area contributed by atoms with Gasteiger partial charge in [0.1, 0.15) is 6.54 Å². The van der Waals surface area contributed by atoms with E-state index in [-0.39, 0.29) is 6.42 Å². The Morgan fingerprint density at radius 1 is 1.44 bits per heavy atom. The Kier molecular flexibility index (Phi) is 2.87. The maximum Gasteiger partial charge on any atom is 0.165 e. The Labute approximate surface area is 92.5 Å². The molecule has 2 aromatic rings. The first-order valence-electron chi connectivity index (χ1n) is 5.15. The molecule has 0 fully saturated rings. The van der Waals surface area contributed by atoms with Crippen LogP contribution in [0, 0.1) is 0 Å². The molecule has 0 atom stereocenters. The van der Waals surface area contributed by atoms with Crippen LogP contribution in [0.25, 0.3) is 11.0 Å². The molecule has 0 saturated carbocycles. The van der Waals surface area contributed by atoms with Crippen LogP contribution in [0.3, 0.4) is 0 Å². The zero-order valence-electron chi connectivity index (χ0n) is 8.85. The molecule has 2 rings (SSSR count). The van der Waals surface area contributed by atoms with Crippen molar-refractivity contribution in [1.82, 2.24) is 9.55 Å². The van der Waals surface area contributed by atoms with Crippen LogP contribution in [-0.4, -0.2) is 15.5 Å². The van der Waals surface area contributed by atoms with Gasteiger partial charge in [0, 0.05) is 18.9 Å². The molecular formula is C11H13N3O2. The van der Waals surface area contributed by atoms with E-state index in [9.17, 15) is 9.90 Å². The zero-order valence-corrected chi connectivity index (χ0v) is 8.85. The lowest BCUT2D eigenvalue weighted by Crippen LogP contribution is -2.48. The Morgan fingerprint density at radius 2 is 2.19 bits per heavy atom. The van der Waals surface area contributed by atoms with E-state index < -0.39 is 5.97 Å². The van der Waals surface area contributed by atoms with E-state index in [1.165, 1.54) is 0 Å². The topological polar surface area (TPSA) is 85.6 Å². The highest BCUT2D eigenvalue weighted by molar-refractivity contribution is 5.76. The normalized spacial score (nSPS) is 10.8. The van der Waals surface area contributed by atoms with Crippen LogP contribution in [0.1, 0.15) is 12.2 Å². The van der Waals surface area contributed by atoms with E-state index in [1.54, 1.807) is 0 Å². The highest BCUT2D eigenvalue weighted by Gasteiger charge is 2.09. The van der Waals surface area contributed by atoms with Crippen molar-refractivity contribution in [2.45, 2.75) is 19.5 Å². The minimum atomic E-state index is -1.05. The molecule has 1 heterocycles. The predicted octanol–water partition coefficient (Wildman–Crippen LogP) is -1.08. The van der Waals surface area contributed by atoms with Gasteiger partial charge in [-0.1, -0.05) is 12.1 Å². The van der Waals surface area contributed by atoms with E-state index in [0.29, 0.717) is 13.1 Å². The monoisotopic (exact) mass is 219 g/mol. The number of rotatable bonds is 4. The molecule has 0 aliphatic heterocycles. The summed E-state index contributed by atoms with van der Waals surface area (Å²) in [7, 11) is 0. The number of benzene rings is 1. The molecule has 84 valence electrons. The molecule has 3 N–H and O–H groups in total. The summed E-state index contributed by atoms with van der Waals surface area (Å²) >= 11 is 0. The lowest BCUT2D eigenvalue weighted by atomic mass is 10.3. The van der Waals surface area contributed by atoms with Crippen molar-refractivity contribution in [3.63, 3.8) is 0 Å². The van der Waals surface area contributed by atoms with Crippen molar-refractivity contribution in [1.29, 1.82) is 0 Å². The standard InChI is InChI=1S/C11H13N3O2/c12-7-10-13-8-3-1-2-4-9(8)14(10)6-5-11(15)16/h1-4H,5-7,12H2,(H,15,16). The molecule has 0 unspecified atom stereocenters. The molecule has 5 nitrogen and oxygen atoms in total. The molecule has 1 aromatic heterocycles. The number of para-hydroxylation sites is 2. The van der Waals surface area contributed by atoms with Gasteiger partial charge in [0.25, 0.3) is 0 Å². The highest BCUT2D eigenvalue weighted by atomic mass is 16.4. The Hall–Kier alpha value is -1.88. The second-order valence-electron chi connectivity index (χ2n) is 3.54. The summed E-state index contributed by atoms with van der Waals surface area (Å²) in [6.45, 7) is 0.926. The molecule has 0 radical (unpaired) electrons. The van der Waals surface area contributed by atoms with Gasteiger partial charge in [-0.2, -0.15) is 0 Å². The van der Waals surface area contributed by atoms with Gasteiger partial charge in [0.05, 0.1) is 11.0 Å². The van der Waals surface area contributed by atoms with Crippen molar-refractivity contribution in [2.75, 3.05) is 0 Å². The fraction of sp³-hybridized carbons (Fsp3) is 0.273. The van der Waals surface area contributed by atoms with Crippen molar-refractivity contribution < 1.29 is 15.6 Å². The summed E-state index contributed by atoms with van der Waals surface area (Å²) in [4.78, 5) is 14.9. The Bertz CT molecular complexity index is 519. The molecule has 0 amide bonds. The van der Waals surface area contributed by atoms with Crippen molar-refractivity contribution in [3.8, 4) is 0 Å². The lowest BCUT2D eigenvalue weighted by Gasteiger charge is -2.07. The SMILES string of the molecule is [NH3+]Cc1nc2ccccc2n1CCC(=O)[O-]. The van der Waals surface area contributed by atoms with Crippen LogP contribution in [0.2, 0.25) is 0 Å². The van der Waals surface area contributed by atoms with Crippen molar-refractivity contribution in [2.24, 2.45) is 0 Å². The average Bonchev–Trinajstić information content (AvgIpc) is 2.64. The summed E-state index contributed by atoms with van der Waals surface area (Å²) in [5.41, 5.74) is 5.61. The maximum absolute atomic E-state index is 10.5. The van der Waals surface area contributed by atoms with Crippen LogP contribution in [0.15, 0.2) is 24.3 Å². The number of aryl methyl sites for hydroxylation is 1. The number of nitrogens with zero attached hydrogens (tertiary/aromatic N) is 2. The summed E-state index contributed by atoms with van der Waals surface area (Å²) in [6, 6.07) is 7.65. The van der Waals surface area contributed by atoms with Gasteiger partial charge in [0.15, 0.2) is 5.82 Å². The molecule has 0 aliphatic carbocycles. The van der Waals surface area contributed by atoms with Crippen molar-refractivity contribution >= 4 is 17.0 Å². The minimum Gasteiger partial charge on any atom is -0.550 e. The van der Waals surface area contributed by atoms with E-state index >= 15 is 0 Å². The second kappa shape index (κ2) is 4.32. The van der Waals surface area contributed by atoms with Gasteiger partial charge in [-0.3, -0.25) is 0 Å². The van der Waals surface area contributed by atoms with Gasteiger partial charge < -0.3 is 20.2 Å². The van der Waals surface area contributed by atoms with Gasteiger partial charge >= 0.3 is 0 Å². The minimum absolute atomic E-state index is 0.00659. The number of aromatic nitrogens is 2. The van der Waals surface area contributed by atoms with E-state index in [2.05, 4.69) is 10.7 Å². The average molecular weight is 219 g/mol. The fourth-order valence-corrected chi connectivity index (χ4v) is 1.77. The molecule has 0 aliphatic rings. The van der Waals surface area contributed by atoms with E-state index in [4.69, 9.17) is 0 Å². The van der Waals surface area contributed by atoms with Crippen molar-refractivity contribution in [3.05, 3.63) is 30.1 Å². The van der Waals surface area contributed by atoms with Gasteiger partial charge in [-0.25, -0.2) is 4.98 Å². The number of carbonyl (C=O) groups is 1. The summed E-state index contributed by atoms with van der Waals surface area (Å²) < 4.78 is 1.89. The van der Waals surface area contributed by atoms with E-state index in [1.807, 2.05) is 28.8 Å². The summed E-state index contributed by atoms with van der Waals surface area (Å²) in [5.74, 6) is -0.241. The molecule has 0 bridgehead atoms. The third-order valence-corrected chi connectivity index (χ3v) is 2.50. The molecule has 5 heteroatoms. The first kappa shape index (κ1) is 10.6. The smallest absolute Gasteiger partial charge is 0.165 e. The largest absolute Gasteiger partial charge is 0.550 e. The van der Waals surface area contributed by atoms with Crippen LogP contribution in [-0.2, 0) is 17.9 Å². The zero-order chi connectivity index (χ0) is 11.5. The number of quaternary nitrogens is 1. The van der Waals surface area contributed by atoms with Crippen LogP contribution < -0.4 is 10.8 Å². The summed E-state index contributed by atoms with van der Waals surface area (Å²) in [5, 5.41) is 10.5. The first-order chi connectivity index (χ1) is 7.72. The van der Waals surface area contributed by atoms with Gasteiger partial charge in [-0.15, -0.1) is 0 Å². The number of carbonyl (C=O) groups excluding carboxylic acids is 1. The lowest BCUT2D eigenvalue weighted by molar-refractivity contribution is -0.388.